The van der Waals surface area contributed by atoms with E-state index in [0.29, 0.717) is 27.7 Å². The van der Waals surface area contributed by atoms with Crippen molar-refractivity contribution in [1.82, 2.24) is 20.2 Å². The van der Waals surface area contributed by atoms with Gasteiger partial charge in [-0.2, -0.15) is 0 Å². The fourth-order valence-corrected chi connectivity index (χ4v) is 3.00. The van der Waals surface area contributed by atoms with Gasteiger partial charge < -0.3 is 9.84 Å². The maximum absolute atomic E-state index is 11.5. The Kier molecular flexibility index (Phi) is 5.55. The number of nitrogens with zero attached hydrogens (tertiary/aromatic N) is 3. The van der Waals surface area contributed by atoms with Crippen molar-refractivity contribution in [2.75, 3.05) is 7.11 Å². The molecule has 0 aliphatic carbocycles. The summed E-state index contributed by atoms with van der Waals surface area (Å²) in [5, 5.41) is 17.1. The Balaban J connectivity index is 1.89. The summed E-state index contributed by atoms with van der Waals surface area (Å²) in [7, 11) is 1.54. The number of halogens is 1. The second-order valence-electron chi connectivity index (χ2n) is 5.01. The highest BCUT2D eigenvalue weighted by Gasteiger charge is 2.16. The summed E-state index contributed by atoms with van der Waals surface area (Å²) in [6, 6.07) is 8.61. The van der Waals surface area contributed by atoms with Crippen molar-refractivity contribution in [3.05, 3.63) is 58.2 Å². The monoisotopic (exact) mass is 388 g/mol. The zero-order valence-corrected chi connectivity index (χ0v) is 15.1. The summed E-state index contributed by atoms with van der Waals surface area (Å²) < 4.78 is 5.30. The van der Waals surface area contributed by atoms with E-state index in [4.69, 9.17) is 16.3 Å². The van der Waals surface area contributed by atoms with Gasteiger partial charge in [-0.25, -0.2) is 9.78 Å². The highest BCUT2D eigenvalue weighted by molar-refractivity contribution is 8.04. The van der Waals surface area contributed by atoms with Crippen LogP contribution >= 0.6 is 23.4 Å². The Hall–Kier alpha value is -2.84. The minimum atomic E-state index is -1.08. The van der Waals surface area contributed by atoms with Crippen LogP contribution in [-0.2, 0) is 4.79 Å². The van der Waals surface area contributed by atoms with Crippen molar-refractivity contribution in [2.45, 2.75) is 5.16 Å². The molecule has 2 aromatic heterocycles. The van der Waals surface area contributed by atoms with Gasteiger partial charge in [-0.05, 0) is 47.7 Å². The minimum absolute atomic E-state index is 0.0709. The second-order valence-corrected chi connectivity index (χ2v) is 6.46. The number of H-pyrrole nitrogens is 1. The standard InChI is InChI=1S/C17H13ClN4O3S/c1-25-13-5-4-11(18)8-12(13)15-20-17(22-21-15)26-14(16(23)24)7-10-3-2-6-19-9-10/h2-9H,1H3,(H,23,24)(H,20,21,22)/b14-7-. The van der Waals surface area contributed by atoms with Crippen LogP contribution in [0.4, 0.5) is 0 Å². The topological polar surface area (TPSA) is 101 Å². The van der Waals surface area contributed by atoms with E-state index in [-0.39, 0.29) is 10.1 Å². The van der Waals surface area contributed by atoms with Crippen LogP contribution in [0.1, 0.15) is 5.56 Å². The Bertz CT molecular complexity index is 960. The van der Waals surface area contributed by atoms with Crippen molar-refractivity contribution >= 4 is 35.4 Å². The molecular formula is C17H13ClN4O3S. The maximum atomic E-state index is 11.5. The highest BCUT2D eigenvalue weighted by Crippen LogP contribution is 2.32. The number of methoxy groups -OCH3 is 1. The van der Waals surface area contributed by atoms with Crippen LogP contribution in [0, 0.1) is 0 Å². The van der Waals surface area contributed by atoms with Crippen LogP contribution in [0.5, 0.6) is 5.75 Å². The number of rotatable bonds is 6. The Morgan fingerprint density at radius 2 is 2.23 bits per heavy atom. The number of hydrogen-bond acceptors (Lipinski definition) is 6. The number of aliphatic carboxylic acids is 1. The lowest BCUT2D eigenvalue weighted by Crippen LogP contribution is -1.97. The molecule has 0 fully saturated rings. The Morgan fingerprint density at radius 1 is 1.38 bits per heavy atom. The van der Waals surface area contributed by atoms with E-state index in [9.17, 15) is 9.90 Å². The molecule has 0 aliphatic rings. The second kappa shape index (κ2) is 8.03. The minimum Gasteiger partial charge on any atom is -0.496 e. The predicted molar refractivity (Wildman–Crippen MR) is 99.1 cm³/mol. The molecule has 9 heteroatoms. The third-order valence-corrected chi connectivity index (χ3v) is 4.39. The van der Waals surface area contributed by atoms with Crippen LogP contribution in [-0.4, -0.2) is 38.4 Å². The zero-order valence-electron chi connectivity index (χ0n) is 13.5. The number of nitrogens with one attached hydrogen (secondary N) is 1. The molecule has 2 N–H and O–H groups in total. The molecule has 0 bridgehead atoms. The zero-order chi connectivity index (χ0) is 18.5. The molecule has 3 rings (SSSR count). The normalized spacial score (nSPS) is 11.4. The molecule has 0 aliphatic heterocycles. The number of ether oxygens (including phenoxy) is 1. The molecular weight excluding hydrogens is 376 g/mol. The molecule has 0 saturated carbocycles. The third kappa shape index (κ3) is 4.22. The van der Waals surface area contributed by atoms with Gasteiger partial charge in [0.05, 0.1) is 12.7 Å². The largest absolute Gasteiger partial charge is 0.496 e. The van der Waals surface area contributed by atoms with Crippen LogP contribution in [0.3, 0.4) is 0 Å². The number of aromatic amines is 1. The summed E-state index contributed by atoms with van der Waals surface area (Å²) in [5.74, 6) is -0.0741. The first-order valence-corrected chi connectivity index (χ1v) is 8.55. The summed E-state index contributed by atoms with van der Waals surface area (Å²) in [4.78, 5) is 19.9. The van der Waals surface area contributed by atoms with E-state index in [1.54, 1.807) is 42.7 Å². The number of thioether (sulfide) groups is 1. The van der Waals surface area contributed by atoms with Gasteiger partial charge >= 0.3 is 5.97 Å². The fourth-order valence-electron chi connectivity index (χ4n) is 2.12. The smallest absolute Gasteiger partial charge is 0.342 e. The van der Waals surface area contributed by atoms with E-state index in [2.05, 4.69) is 20.2 Å². The Labute approximate surface area is 158 Å². The van der Waals surface area contributed by atoms with Gasteiger partial charge in [0.25, 0.3) is 0 Å². The van der Waals surface area contributed by atoms with Crippen LogP contribution < -0.4 is 4.74 Å². The summed E-state index contributed by atoms with van der Waals surface area (Å²) >= 11 is 6.96. The van der Waals surface area contributed by atoms with Crippen molar-refractivity contribution in [3.63, 3.8) is 0 Å². The average Bonchev–Trinajstić information content (AvgIpc) is 3.10. The SMILES string of the molecule is COc1ccc(Cl)cc1-c1nc(S/C(=C\c2cccnc2)C(=O)O)n[nH]1. The van der Waals surface area contributed by atoms with Gasteiger partial charge in [0, 0.05) is 17.4 Å². The first kappa shape index (κ1) is 18.0. The van der Waals surface area contributed by atoms with Crippen LogP contribution in [0.25, 0.3) is 17.5 Å². The van der Waals surface area contributed by atoms with Gasteiger partial charge in [0.15, 0.2) is 5.82 Å². The first-order chi connectivity index (χ1) is 12.6. The lowest BCUT2D eigenvalue weighted by molar-refractivity contribution is -0.131. The average molecular weight is 389 g/mol. The lowest BCUT2D eigenvalue weighted by Gasteiger charge is -2.05. The first-order valence-electron chi connectivity index (χ1n) is 7.36. The quantitative estimate of drug-likeness (QED) is 0.489. The molecule has 0 saturated heterocycles. The number of hydrogen-bond donors (Lipinski definition) is 2. The fraction of sp³-hybridized carbons (Fsp3) is 0.0588. The van der Waals surface area contributed by atoms with Gasteiger partial charge in [0.1, 0.15) is 10.7 Å². The molecule has 0 atom stereocenters. The highest BCUT2D eigenvalue weighted by atomic mass is 35.5. The maximum Gasteiger partial charge on any atom is 0.342 e. The number of carboxylic acid groups (broad SMARTS) is 1. The molecule has 0 amide bonds. The molecule has 0 radical (unpaired) electrons. The van der Waals surface area contributed by atoms with Crippen molar-refractivity contribution < 1.29 is 14.6 Å². The molecule has 1 aromatic carbocycles. The number of carbonyl (C=O) groups is 1. The van der Waals surface area contributed by atoms with Gasteiger partial charge in [-0.1, -0.05) is 17.7 Å². The van der Waals surface area contributed by atoms with Crippen molar-refractivity contribution in [2.24, 2.45) is 0 Å². The van der Waals surface area contributed by atoms with Crippen molar-refractivity contribution in [3.8, 4) is 17.1 Å². The summed E-state index contributed by atoms with van der Waals surface area (Å²) in [5.41, 5.74) is 1.30. The van der Waals surface area contributed by atoms with Crippen LogP contribution in [0.15, 0.2) is 52.8 Å². The number of pyridine rings is 1. The van der Waals surface area contributed by atoms with Crippen LogP contribution in [0.2, 0.25) is 5.02 Å². The van der Waals surface area contributed by atoms with Gasteiger partial charge in [-0.15, -0.1) is 5.10 Å². The number of aromatic nitrogens is 4. The Morgan fingerprint density at radius 3 is 2.92 bits per heavy atom. The predicted octanol–water partition coefficient (Wildman–Crippen LogP) is 3.75. The van der Waals surface area contributed by atoms with E-state index >= 15 is 0 Å². The van der Waals surface area contributed by atoms with E-state index in [1.165, 1.54) is 13.2 Å². The molecule has 26 heavy (non-hydrogen) atoms. The van der Waals surface area contributed by atoms with E-state index in [0.717, 1.165) is 11.8 Å². The summed E-state index contributed by atoms with van der Waals surface area (Å²) in [6.07, 6.45) is 4.70. The van der Waals surface area contributed by atoms with E-state index in [1.807, 2.05) is 0 Å². The molecule has 132 valence electrons. The molecule has 0 unspecified atom stereocenters. The third-order valence-electron chi connectivity index (χ3n) is 3.28. The van der Waals surface area contributed by atoms with Gasteiger partial charge in [0.2, 0.25) is 5.16 Å². The molecule has 7 nitrogen and oxygen atoms in total. The lowest BCUT2D eigenvalue weighted by atomic mass is 10.2. The van der Waals surface area contributed by atoms with E-state index < -0.39 is 5.97 Å². The molecule has 2 heterocycles. The summed E-state index contributed by atoms with van der Waals surface area (Å²) in [6.45, 7) is 0. The molecule has 3 aromatic rings. The molecule has 0 spiro atoms. The van der Waals surface area contributed by atoms with Crippen molar-refractivity contribution in [1.29, 1.82) is 0 Å². The van der Waals surface area contributed by atoms with Gasteiger partial charge in [-0.3, -0.25) is 10.1 Å². The number of carboxylic acids is 1. The number of benzene rings is 1.